The molecule has 0 aliphatic heterocycles. The van der Waals surface area contributed by atoms with Crippen molar-refractivity contribution in [2.24, 2.45) is 0 Å². The van der Waals surface area contributed by atoms with Crippen molar-refractivity contribution in [1.29, 1.82) is 0 Å². The molecule has 0 amide bonds. The van der Waals surface area contributed by atoms with Crippen molar-refractivity contribution in [3.63, 3.8) is 0 Å². The number of ether oxygens (including phenoxy) is 2. The van der Waals surface area contributed by atoms with Gasteiger partial charge in [-0.05, 0) is 26.0 Å². The van der Waals surface area contributed by atoms with Gasteiger partial charge in [0, 0.05) is 23.0 Å². The summed E-state index contributed by atoms with van der Waals surface area (Å²) < 4.78 is 24.3. The normalized spacial score (nSPS) is 12.3. The Morgan fingerprint density at radius 3 is 2.73 bits per heavy atom. The Balaban J connectivity index is 1.81. The molecule has 0 aliphatic carbocycles. The lowest BCUT2D eigenvalue weighted by Gasteiger charge is -2.08. The van der Waals surface area contributed by atoms with Gasteiger partial charge in [-0.1, -0.05) is 0 Å². The molecule has 1 unspecified atom stereocenters. The van der Waals surface area contributed by atoms with E-state index in [1.807, 2.05) is 32.0 Å². The van der Waals surface area contributed by atoms with Crippen molar-refractivity contribution in [3.05, 3.63) is 41.2 Å². The van der Waals surface area contributed by atoms with E-state index in [0.29, 0.717) is 28.8 Å². The highest BCUT2D eigenvalue weighted by Crippen LogP contribution is 2.24. The van der Waals surface area contributed by atoms with E-state index in [-0.39, 0.29) is 0 Å². The lowest BCUT2D eigenvalue weighted by molar-refractivity contribution is -0.910. The first kappa shape index (κ1) is 18.2. The average Bonchev–Trinajstić information content (AvgIpc) is 3.04. The van der Waals surface area contributed by atoms with Gasteiger partial charge >= 0.3 is 0 Å². The first-order valence-electron chi connectivity index (χ1n) is 8.14. The van der Waals surface area contributed by atoms with Gasteiger partial charge in [-0.15, -0.1) is 0 Å². The standard InChI is InChI=1S/C18H22N3O4S/c1-11-10-21(22)16(12(2)17(11)25-4)7-8-26(23)18-19-14-6-5-13(24-3)9-15(14)20-18/h5-6,9-10,22H,7-8H2,1-4H3,(H,19,20)/q+1. The molecule has 2 aromatic heterocycles. The third kappa shape index (κ3) is 3.37. The zero-order chi connectivity index (χ0) is 18.8. The molecule has 1 atom stereocenters. The SMILES string of the molecule is COc1ccc2nc(S(=O)CCc3c(C)c(OC)c(C)c[n+]3O)[nH]c2c1. The molecular weight excluding hydrogens is 354 g/mol. The van der Waals surface area contributed by atoms with Gasteiger partial charge in [0.2, 0.25) is 11.9 Å². The lowest BCUT2D eigenvalue weighted by atomic mass is 10.1. The van der Waals surface area contributed by atoms with Gasteiger partial charge in [-0.3, -0.25) is 9.42 Å². The number of imidazole rings is 1. The van der Waals surface area contributed by atoms with Gasteiger partial charge in [0.15, 0.2) is 5.16 Å². The molecule has 0 radical (unpaired) electrons. The molecule has 1 aromatic carbocycles. The minimum absolute atomic E-state index is 0.324. The van der Waals surface area contributed by atoms with Crippen LogP contribution < -0.4 is 14.2 Å². The van der Waals surface area contributed by atoms with Crippen LogP contribution in [-0.2, 0) is 17.2 Å². The van der Waals surface area contributed by atoms with Crippen molar-refractivity contribution in [1.82, 2.24) is 9.97 Å². The molecule has 0 saturated carbocycles. The van der Waals surface area contributed by atoms with Crippen LogP contribution in [0, 0.1) is 13.8 Å². The van der Waals surface area contributed by atoms with Crippen LogP contribution in [0.4, 0.5) is 0 Å². The van der Waals surface area contributed by atoms with Crippen LogP contribution in [0.5, 0.6) is 11.5 Å². The van der Waals surface area contributed by atoms with Crippen molar-refractivity contribution >= 4 is 21.8 Å². The number of aryl methyl sites for hydroxylation is 1. The molecule has 0 aliphatic rings. The molecule has 7 nitrogen and oxygen atoms in total. The number of H-pyrrole nitrogens is 1. The van der Waals surface area contributed by atoms with Gasteiger partial charge in [-0.25, -0.2) is 4.98 Å². The zero-order valence-corrected chi connectivity index (χ0v) is 16.0. The van der Waals surface area contributed by atoms with Crippen LogP contribution in [0.3, 0.4) is 0 Å². The quantitative estimate of drug-likeness (QED) is 0.508. The first-order valence-corrected chi connectivity index (χ1v) is 9.46. The van der Waals surface area contributed by atoms with Gasteiger partial charge in [0.1, 0.15) is 11.5 Å². The number of methoxy groups -OCH3 is 2. The predicted octanol–water partition coefficient (Wildman–Crippen LogP) is 2.07. The smallest absolute Gasteiger partial charge is 0.241 e. The van der Waals surface area contributed by atoms with Crippen molar-refractivity contribution in [2.45, 2.75) is 25.4 Å². The van der Waals surface area contributed by atoms with Gasteiger partial charge in [-0.2, -0.15) is 0 Å². The van der Waals surface area contributed by atoms with E-state index in [1.165, 1.54) is 0 Å². The highest BCUT2D eigenvalue weighted by atomic mass is 32.2. The summed E-state index contributed by atoms with van der Waals surface area (Å²) in [5, 5.41) is 10.6. The number of rotatable bonds is 6. The third-order valence-electron chi connectivity index (χ3n) is 4.34. The molecule has 138 valence electrons. The molecule has 0 saturated heterocycles. The fraction of sp³-hybridized carbons (Fsp3) is 0.333. The fourth-order valence-corrected chi connectivity index (χ4v) is 4.02. The largest absolute Gasteiger partial charge is 0.497 e. The van der Waals surface area contributed by atoms with Crippen LogP contribution in [0.25, 0.3) is 11.0 Å². The second-order valence-electron chi connectivity index (χ2n) is 5.99. The summed E-state index contributed by atoms with van der Waals surface area (Å²) in [7, 11) is 1.87. The van der Waals surface area contributed by atoms with E-state index < -0.39 is 10.8 Å². The van der Waals surface area contributed by atoms with Crippen LogP contribution in [0.1, 0.15) is 16.8 Å². The van der Waals surface area contributed by atoms with E-state index in [4.69, 9.17) is 9.47 Å². The third-order valence-corrected chi connectivity index (χ3v) is 5.54. The Hall–Kier alpha value is -2.61. The lowest BCUT2D eigenvalue weighted by Crippen LogP contribution is -2.37. The van der Waals surface area contributed by atoms with Gasteiger partial charge in [0.25, 0.3) is 0 Å². The van der Waals surface area contributed by atoms with Crippen LogP contribution in [0.15, 0.2) is 29.6 Å². The molecule has 8 heteroatoms. The molecule has 2 heterocycles. The van der Waals surface area contributed by atoms with E-state index in [2.05, 4.69) is 9.97 Å². The molecule has 0 fully saturated rings. The number of pyridine rings is 1. The number of hydrogen-bond acceptors (Lipinski definition) is 5. The van der Waals surface area contributed by atoms with Crippen LogP contribution >= 0.6 is 0 Å². The van der Waals surface area contributed by atoms with Crippen molar-refractivity contribution < 1.29 is 23.6 Å². The summed E-state index contributed by atoms with van der Waals surface area (Å²) in [6.45, 7) is 3.74. The number of nitrogens with zero attached hydrogens (tertiary/aromatic N) is 2. The zero-order valence-electron chi connectivity index (χ0n) is 15.2. The predicted molar refractivity (Wildman–Crippen MR) is 97.5 cm³/mol. The summed E-state index contributed by atoms with van der Waals surface area (Å²) in [4.78, 5) is 7.47. The van der Waals surface area contributed by atoms with E-state index >= 15 is 0 Å². The van der Waals surface area contributed by atoms with Crippen molar-refractivity contribution in [2.75, 3.05) is 20.0 Å². The minimum atomic E-state index is -1.33. The maximum atomic E-state index is 12.7. The molecule has 0 spiro atoms. The van der Waals surface area contributed by atoms with E-state index in [1.54, 1.807) is 20.4 Å². The summed E-state index contributed by atoms with van der Waals surface area (Å²) in [5.41, 5.74) is 3.85. The average molecular weight is 376 g/mol. The number of aromatic amines is 1. The maximum Gasteiger partial charge on any atom is 0.241 e. The molecule has 2 N–H and O–H groups in total. The number of nitrogens with one attached hydrogen (secondary N) is 1. The molecule has 26 heavy (non-hydrogen) atoms. The molecular formula is C18H22N3O4S+. The number of benzene rings is 1. The van der Waals surface area contributed by atoms with Crippen LogP contribution in [-0.4, -0.2) is 39.4 Å². The summed E-state index contributed by atoms with van der Waals surface area (Å²) in [6, 6.07) is 5.45. The Labute approximate surface area is 154 Å². The summed E-state index contributed by atoms with van der Waals surface area (Å²) in [5.74, 6) is 1.76. The monoisotopic (exact) mass is 376 g/mol. The fourth-order valence-electron chi connectivity index (χ4n) is 3.02. The Morgan fingerprint density at radius 1 is 1.27 bits per heavy atom. The minimum Gasteiger partial charge on any atom is -0.497 e. The Morgan fingerprint density at radius 2 is 2.04 bits per heavy atom. The van der Waals surface area contributed by atoms with E-state index in [9.17, 15) is 9.42 Å². The Kier molecular flexibility index (Phi) is 5.13. The summed E-state index contributed by atoms with van der Waals surface area (Å²) >= 11 is 0. The Bertz CT molecular complexity index is 984. The topological polar surface area (TPSA) is 88.3 Å². The second-order valence-corrected chi connectivity index (χ2v) is 7.47. The second kappa shape index (κ2) is 7.33. The number of fused-ring (bicyclic) bond motifs is 1. The maximum absolute atomic E-state index is 12.7. The summed E-state index contributed by atoms with van der Waals surface area (Å²) in [6.07, 6.45) is 2.02. The number of aromatic nitrogens is 3. The molecule has 3 aromatic rings. The van der Waals surface area contributed by atoms with Gasteiger partial charge < -0.3 is 14.5 Å². The van der Waals surface area contributed by atoms with E-state index in [0.717, 1.165) is 32.6 Å². The van der Waals surface area contributed by atoms with Crippen LogP contribution in [0.2, 0.25) is 0 Å². The highest BCUT2D eigenvalue weighted by molar-refractivity contribution is 7.84. The molecule has 3 rings (SSSR count). The van der Waals surface area contributed by atoms with Gasteiger partial charge in [0.05, 0.1) is 47.2 Å². The van der Waals surface area contributed by atoms with Crippen molar-refractivity contribution in [3.8, 4) is 11.5 Å². The first-order chi connectivity index (χ1) is 12.4. The molecule has 0 bridgehead atoms. The highest BCUT2D eigenvalue weighted by Gasteiger charge is 2.22. The number of hydrogen-bond donors (Lipinski definition) is 2.